The third kappa shape index (κ3) is 2.97. The number of rotatable bonds is 5. The lowest BCUT2D eigenvalue weighted by Crippen LogP contribution is -2.19. The molecule has 0 atom stereocenters. The lowest BCUT2D eigenvalue weighted by atomic mass is 10.1. The van der Waals surface area contributed by atoms with Crippen molar-refractivity contribution >= 4 is 17.5 Å². The number of Topliss-reactive ketones (excluding diaryl/α,β-unsaturated/α-hetero) is 1. The fraction of sp³-hybridized carbons (Fsp3) is 0.364. The average molecular weight is 225 g/mol. The molecule has 0 spiro atoms. The van der Waals surface area contributed by atoms with Gasteiger partial charge in [-0.1, -0.05) is 0 Å². The van der Waals surface area contributed by atoms with E-state index in [1.165, 1.54) is 0 Å². The minimum absolute atomic E-state index is 0.101. The summed E-state index contributed by atoms with van der Waals surface area (Å²) in [6.07, 6.45) is 1.95. The summed E-state index contributed by atoms with van der Waals surface area (Å²) in [6, 6.07) is 5.50. The van der Waals surface area contributed by atoms with Gasteiger partial charge in [0, 0.05) is 10.5 Å². The maximum atomic E-state index is 11.7. The van der Waals surface area contributed by atoms with Crippen LogP contribution in [0.4, 0.5) is 0 Å². The number of hydrogen-bond donors (Lipinski definition) is 1. The topological polar surface area (TPSA) is 38.3 Å². The molecule has 0 saturated carbocycles. The first-order chi connectivity index (χ1) is 7.22. The van der Waals surface area contributed by atoms with Crippen LogP contribution in [0.5, 0.6) is 5.75 Å². The molecular weight excluding hydrogens is 210 g/mol. The van der Waals surface area contributed by atoms with Crippen molar-refractivity contribution in [3.8, 4) is 5.75 Å². The van der Waals surface area contributed by atoms with Crippen LogP contribution in [0.2, 0.25) is 0 Å². The van der Waals surface area contributed by atoms with Gasteiger partial charge in [0.15, 0.2) is 5.78 Å². The van der Waals surface area contributed by atoms with Crippen molar-refractivity contribution in [1.82, 2.24) is 5.32 Å². The zero-order valence-corrected chi connectivity index (χ0v) is 9.98. The molecule has 82 valence electrons. The number of nitrogens with one attached hydrogen (secondary N) is 1. The van der Waals surface area contributed by atoms with Gasteiger partial charge in [0.05, 0.1) is 13.7 Å². The smallest absolute Gasteiger partial charge is 0.177 e. The SMILES string of the molecule is CNCC(=O)c1ccc(OC)cc1SC. The first-order valence-electron chi connectivity index (χ1n) is 4.62. The minimum atomic E-state index is 0.101. The second-order valence-corrected chi connectivity index (χ2v) is 3.87. The second kappa shape index (κ2) is 5.78. The van der Waals surface area contributed by atoms with Crippen LogP contribution < -0.4 is 10.1 Å². The fourth-order valence-electron chi connectivity index (χ4n) is 1.28. The van der Waals surface area contributed by atoms with E-state index >= 15 is 0 Å². The molecule has 0 amide bonds. The maximum Gasteiger partial charge on any atom is 0.177 e. The predicted octanol–water partition coefficient (Wildman–Crippen LogP) is 1.82. The highest BCUT2D eigenvalue weighted by atomic mass is 32.2. The van der Waals surface area contributed by atoms with Crippen LogP contribution in [-0.4, -0.2) is 32.7 Å². The first kappa shape index (κ1) is 12.1. The summed E-state index contributed by atoms with van der Waals surface area (Å²) in [5, 5.41) is 2.86. The van der Waals surface area contributed by atoms with E-state index in [0.29, 0.717) is 6.54 Å². The van der Waals surface area contributed by atoms with Crippen molar-refractivity contribution in [2.24, 2.45) is 0 Å². The van der Waals surface area contributed by atoms with Crippen molar-refractivity contribution in [3.63, 3.8) is 0 Å². The van der Waals surface area contributed by atoms with Crippen LogP contribution in [-0.2, 0) is 0 Å². The monoisotopic (exact) mass is 225 g/mol. The van der Waals surface area contributed by atoms with Gasteiger partial charge in [-0.15, -0.1) is 11.8 Å². The second-order valence-electron chi connectivity index (χ2n) is 3.02. The summed E-state index contributed by atoms with van der Waals surface area (Å²) in [4.78, 5) is 12.7. The zero-order chi connectivity index (χ0) is 11.3. The Morgan fingerprint density at radius 1 is 1.53 bits per heavy atom. The zero-order valence-electron chi connectivity index (χ0n) is 9.16. The van der Waals surface area contributed by atoms with Gasteiger partial charge in [0.25, 0.3) is 0 Å². The van der Waals surface area contributed by atoms with Crippen LogP contribution in [0.15, 0.2) is 23.1 Å². The highest BCUT2D eigenvalue weighted by Crippen LogP contribution is 2.25. The fourth-order valence-corrected chi connectivity index (χ4v) is 1.92. The van der Waals surface area contributed by atoms with E-state index in [0.717, 1.165) is 16.2 Å². The van der Waals surface area contributed by atoms with Crippen LogP contribution >= 0.6 is 11.8 Å². The Kier molecular flexibility index (Phi) is 4.65. The third-order valence-electron chi connectivity index (χ3n) is 2.05. The van der Waals surface area contributed by atoms with Gasteiger partial charge >= 0.3 is 0 Å². The maximum absolute atomic E-state index is 11.7. The Hall–Kier alpha value is -1.00. The molecule has 0 fully saturated rings. The van der Waals surface area contributed by atoms with E-state index in [1.807, 2.05) is 24.5 Å². The molecule has 0 aliphatic heterocycles. The molecule has 3 nitrogen and oxygen atoms in total. The van der Waals surface area contributed by atoms with E-state index < -0.39 is 0 Å². The number of carbonyl (C=O) groups is 1. The van der Waals surface area contributed by atoms with Crippen molar-refractivity contribution < 1.29 is 9.53 Å². The summed E-state index contributed by atoms with van der Waals surface area (Å²) in [5.74, 6) is 0.880. The van der Waals surface area contributed by atoms with Crippen LogP contribution in [0.3, 0.4) is 0 Å². The molecule has 15 heavy (non-hydrogen) atoms. The molecule has 0 aliphatic carbocycles. The van der Waals surface area contributed by atoms with E-state index in [2.05, 4.69) is 5.32 Å². The number of carbonyl (C=O) groups excluding carboxylic acids is 1. The standard InChI is InChI=1S/C11H15NO2S/c1-12-7-10(13)9-5-4-8(14-2)6-11(9)15-3/h4-6,12H,7H2,1-3H3. The molecule has 1 aromatic rings. The third-order valence-corrected chi connectivity index (χ3v) is 2.82. The normalized spacial score (nSPS) is 10.1. The van der Waals surface area contributed by atoms with Gasteiger partial charge in [-0.2, -0.15) is 0 Å². The molecule has 4 heteroatoms. The van der Waals surface area contributed by atoms with Gasteiger partial charge < -0.3 is 10.1 Å². The van der Waals surface area contributed by atoms with E-state index in [4.69, 9.17) is 4.74 Å². The van der Waals surface area contributed by atoms with Crippen LogP contribution in [0, 0.1) is 0 Å². The van der Waals surface area contributed by atoms with Crippen LogP contribution in [0.1, 0.15) is 10.4 Å². The highest BCUT2D eigenvalue weighted by molar-refractivity contribution is 7.98. The summed E-state index contributed by atoms with van der Waals surface area (Å²) in [5.41, 5.74) is 0.748. The molecule has 0 saturated heterocycles. The molecule has 1 N–H and O–H groups in total. The molecular formula is C11H15NO2S. The molecule has 1 aromatic carbocycles. The Morgan fingerprint density at radius 3 is 2.80 bits per heavy atom. The minimum Gasteiger partial charge on any atom is -0.497 e. The molecule has 0 aromatic heterocycles. The average Bonchev–Trinajstić information content (AvgIpc) is 2.28. The first-order valence-corrected chi connectivity index (χ1v) is 5.85. The Bertz CT molecular complexity index is 352. The molecule has 0 radical (unpaired) electrons. The lowest BCUT2D eigenvalue weighted by molar-refractivity contribution is 0.0991. The molecule has 0 bridgehead atoms. The largest absolute Gasteiger partial charge is 0.497 e. The Balaban J connectivity index is 3.02. The Labute approximate surface area is 94.2 Å². The van der Waals surface area contributed by atoms with Gasteiger partial charge in [-0.25, -0.2) is 0 Å². The number of thioether (sulfide) groups is 1. The van der Waals surface area contributed by atoms with Gasteiger partial charge in [-0.3, -0.25) is 4.79 Å². The lowest BCUT2D eigenvalue weighted by Gasteiger charge is -2.08. The van der Waals surface area contributed by atoms with Crippen molar-refractivity contribution in [2.75, 3.05) is 27.0 Å². The Morgan fingerprint density at radius 2 is 2.27 bits per heavy atom. The molecule has 1 rings (SSSR count). The molecule has 0 unspecified atom stereocenters. The van der Waals surface area contributed by atoms with E-state index in [1.54, 1.807) is 25.9 Å². The van der Waals surface area contributed by atoms with E-state index in [9.17, 15) is 4.79 Å². The van der Waals surface area contributed by atoms with Crippen molar-refractivity contribution in [1.29, 1.82) is 0 Å². The molecule has 0 heterocycles. The van der Waals surface area contributed by atoms with E-state index in [-0.39, 0.29) is 5.78 Å². The van der Waals surface area contributed by atoms with Crippen LogP contribution in [0.25, 0.3) is 0 Å². The van der Waals surface area contributed by atoms with Crippen molar-refractivity contribution in [2.45, 2.75) is 4.90 Å². The number of methoxy groups -OCH3 is 1. The number of hydrogen-bond acceptors (Lipinski definition) is 4. The summed E-state index contributed by atoms with van der Waals surface area (Å²) >= 11 is 1.55. The summed E-state index contributed by atoms with van der Waals surface area (Å²) < 4.78 is 5.11. The summed E-state index contributed by atoms with van der Waals surface area (Å²) in [7, 11) is 3.38. The highest BCUT2D eigenvalue weighted by Gasteiger charge is 2.10. The van der Waals surface area contributed by atoms with Gasteiger partial charge in [0.2, 0.25) is 0 Å². The number of ketones is 1. The van der Waals surface area contributed by atoms with Gasteiger partial charge in [-0.05, 0) is 31.5 Å². The summed E-state index contributed by atoms with van der Waals surface area (Å²) in [6.45, 7) is 0.361. The molecule has 0 aliphatic rings. The quantitative estimate of drug-likeness (QED) is 0.613. The number of benzene rings is 1. The van der Waals surface area contributed by atoms with Crippen molar-refractivity contribution in [3.05, 3.63) is 23.8 Å². The van der Waals surface area contributed by atoms with Gasteiger partial charge in [0.1, 0.15) is 5.75 Å². The predicted molar refractivity (Wildman–Crippen MR) is 63.0 cm³/mol. The number of ether oxygens (including phenoxy) is 1. The number of likely N-dealkylation sites (N-methyl/N-ethyl adjacent to an activating group) is 1.